The predicted molar refractivity (Wildman–Crippen MR) is 106 cm³/mol. The van der Waals surface area contributed by atoms with E-state index in [1.54, 1.807) is 29.2 Å². The third-order valence-corrected chi connectivity index (χ3v) is 4.83. The lowest BCUT2D eigenvalue weighted by Crippen LogP contribution is -2.41. The Balaban J connectivity index is 1.51. The molecule has 6 heteroatoms. The summed E-state index contributed by atoms with van der Waals surface area (Å²) in [6, 6.07) is 16.2. The fourth-order valence-corrected chi connectivity index (χ4v) is 3.20. The minimum Gasteiger partial charge on any atom is -0.461 e. The number of rotatable bonds is 5. The van der Waals surface area contributed by atoms with E-state index in [-0.39, 0.29) is 30.3 Å². The first kappa shape index (κ1) is 19.6. The first-order valence-electron chi connectivity index (χ1n) is 9.40. The van der Waals surface area contributed by atoms with Crippen LogP contribution in [0.2, 0.25) is 0 Å². The monoisotopic (exact) mass is 380 g/mol. The lowest BCUT2D eigenvalue weighted by atomic mass is 9.98. The van der Waals surface area contributed by atoms with E-state index < -0.39 is 0 Å². The molecule has 146 valence electrons. The van der Waals surface area contributed by atoms with Gasteiger partial charge < -0.3 is 15.0 Å². The second kappa shape index (κ2) is 9.17. The number of likely N-dealkylation sites (tertiary alicyclic amines) is 1. The molecule has 1 saturated heterocycles. The summed E-state index contributed by atoms with van der Waals surface area (Å²) in [7, 11) is 0. The maximum atomic E-state index is 12.3. The van der Waals surface area contributed by atoms with Crippen molar-refractivity contribution in [3.63, 3.8) is 0 Å². The normalized spacial score (nSPS) is 16.3. The summed E-state index contributed by atoms with van der Waals surface area (Å²) in [5.41, 5.74) is 2.07. The van der Waals surface area contributed by atoms with Gasteiger partial charge in [0.2, 0.25) is 5.91 Å². The zero-order valence-electron chi connectivity index (χ0n) is 15.9. The Morgan fingerprint density at radius 1 is 1.07 bits per heavy atom. The number of nitrogens with zero attached hydrogens (tertiary/aromatic N) is 1. The lowest BCUT2D eigenvalue weighted by Gasteiger charge is -2.30. The van der Waals surface area contributed by atoms with Crippen molar-refractivity contribution in [2.24, 2.45) is 5.92 Å². The van der Waals surface area contributed by atoms with Crippen molar-refractivity contribution in [2.75, 3.05) is 18.4 Å². The molecular weight excluding hydrogens is 356 g/mol. The third kappa shape index (κ3) is 5.19. The van der Waals surface area contributed by atoms with Crippen LogP contribution in [0.5, 0.6) is 0 Å². The predicted octanol–water partition coefficient (Wildman–Crippen LogP) is 3.24. The zero-order chi connectivity index (χ0) is 19.9. The highest BCUT2D eigenvalue weighted by molar-refractivity contribution is 6.04. The van der Waals surface area contributed by atoms with Crippen LogP contribution in [0.25, 0.3) is 0 Å². The third-order valence-electron chi connectivity index (χ3n) is 4.83. The molecule has 1 aliphatic heterocycles. The number of amides is 2. The maximum absolute atomic E-state index is 12.3. The van der Waals surface area contributed by atoms with Gasteiger partial charge in [-0.3, -0.25) is 14.4 Å². The second-order valence-corrected chi connectivity index (χ2v) is 6.93. The molecule has 0 radical (unpaired) electrons. The summed E-state index contributed by atoms with van der Waals surface area (Å²) >= 11 is 0. The molecule has 2 amide bonds. The van der Waals surface area contributed by atoms with Gasteiger partial charge in [-0.25, -0.2) is 0 Å². The minimum absolute atomic E-state index is 0.0122. The molecule has 2 aromatic rings. The van der Waals surface area contributed by atoms with Crippen LogP contribution in [-0.2, 0) is 20.9 Å². The molecule has 28 heavy (non-hydrogen) atoms. The summed E-state index contributed by atoms with van der Waals surface area (Å²) in [4.78, 5) is 37.7. The van der Waals surface area contributed by atoms with Crippen molar-refractivity contribution >= 4 is 23.5 Å². The van der Waals surface area contributed by atoms with Gasteiger partial charge in [0.25, 0.3) is 5.91 Å². The zero-order valence-corrected chi connectivity index (χ0v) is 15.9. The van der Waals surface area contributed by atoms with Gasteiger partial charge in [0.1, 0.15) is 6.61 Å². The van der Waals surface area contributed by atoms with Crippen LogP contribution in [0, 0.1) is 5.92 Å². The number of hydrogen-bond acceptors (Lipinski definition) is 4. The molecule has 1 atom stereocenters. The summed E-state index contributed by atoms with van der Waals surface area (Å²) in [5, 5.41) is 2.83. The Kier molecular flexibility index (Phi) is 6.42. The van der Waals surface area contributed by atoms with Gasteiger partial charge in [0, 0.05) is 31.3 Å². The molecule has 1 fully saturated rings. The van der Waals surface area contributed by atoms with Crippen LogP contribution in [0.4, 0.5) is 5.69 Å². The van der Waals surface area contributed by atoms with E-state index in [4.69, 9.17) is 4.74 Å². The molecule has 1 heterocycles. The average molecular weight is 380 g/mol. The quantitative estimate of drug-likeness (QED) is 0.808. The average Bonchev–Trinajstić information content (AvgIpc) is 2.73. The molecular formula is C22H24N2O4. The molecule has 0 spiro atoms. The van der Waals surface area contributed by atoms with Gasteiger partial charge in [-0.2, -0.15) is 0 Å². The van der Waals surface area contributed by atoms with Crippen molar-refractivity contribution in [3.8, 4) is 0 Å². The van der Waals surface area contributed by atoms with E-state index in [0.717, 1.165) is 24.1 Å². The van der Waals surface area contributed by atoms with Crippen molar-refractivity contribution < 1.29 is 19.1 Å². The SMILES string of the molecule is CC(=O)N1CCC[C@@H](C(=O)OCc2ccc(C(=O)Nc3ccccc3)cc2)C1. The van der Waals surface area contributed by atoms with Crippen LogP contribution >= 0.6 is 0 Å². The van der Waals surface area contributed by atoms with Crippen LogP contribution in [0.3, 0.4) is 0 Å². The highest BCUT2D eigenvalue weighted by Gasteiger charge is 2.28. The van der Waals surface area contributed by atoms with Gasteiger partial charge in [-0.05, 0) is 42.7 Å². The summed E-state index contributed by atoms with van der Waals surface area (Å²) in [5.74, 6) is -0.756. The number of para-hydroxylation sites is 1. The Labute approximate surface area is 164 Å². The Bertz CT molecular complexity index is 833. The molecule has 2 aromatic carbocycles. The standard InChI is InChI=1S/C22H24N2O4/c1-16(25)24-13-5-6-19(14-24)22(27)28-15-17-9-11-18(12-10-17)21(26)23-20-7-3-2-4-8-20/h2-4,7-12,19H,5-6,13-15H2,1H3,(H,23,26)/t19-/m1/s1. The first-order chi connectivity index (χ1) is 13.5. The van der Waals surface area contributed by atoms with Gasteiger partial charge in [0.15, 0.2) is 0 Å². The lowest BCUT2D eigenvalue weighted by molar-refractivity contribution is -0.152. The number of carbonyl (C=O) groups is 3. The number of carbonyl (C=O) groups excluding carboxylic acids is 3. The van der Waals surface area contributed by atoms with Crippen LogP contribution in [0.1, 0.15) is 35.7 Å². The van der Waals surface area contributed by atoms with Crippen LogP contribution in [-0.4, -0.2) is 35.8 Å². The van der Waals surface area contributed by atoms with Gasteiger partial charge in [-0.15, -0.1) is 0 Å². The Morgan fingerprint density at radius 2 is 1.79 bits per heavy atom. The Hall–Kier alpha value is -3.15. The largest absolute Gasteiger partial charge is 0.461 e. The van der Waals surface area contributed by atoms with E-state index in [2.05, 4.69) is 5.32 Å². The molecule has 0 unspecified atom stereocenters. The van der Waals surface area contributed by atoms with Gasteiger partial charge in [0.05, 0.1) is 5.92 Å². The van der Waals surface area contributed by atoms with Crippen molar-refractivity contribution in [1.82, 2.24) is 4.90 Å². The maximum Gasteiger partial charge on any atom is 0.311 e. The van der Waals surface area contributed by atoms with Crippen molar-refractivity contribution in [1.29, 1.82) is 0 Å². The van der Waals surface area contributed by atoms with E-state index >= 15 is 0 Å². The van der Waals surface area contributed by atoms with Gasteiger partial charge in [-0.1, -0.05) is 30.3 Å². The van der Waals surface area contributed by atoms with E-state index in [1.165, 1.54) is 6.92 Å². The molecule has 1 aliphatic rings. The molecule has 6 nitrogen and oxygen atoms in total. The van der Waals surface area contributed by atoms with Crippen LogP contribution in [0.15, 0.2) is 54.6 Å². The minimum atomic E-state index is -0.281. The molecule has 0 aromatic heterocycles. The molecule has 0 bridgehead atoms. The topological polar surface area (TPSA) is 75.7 Å². The highest BCUT2D eigenvalue weighted by Crippen LogP contribution is 2.19. The molecule has 1 N–H and O–H groups in total. The fourth-order valence-electron chi connectivity index (χ4n) is 3.20. The fraction of sp³-hybridized carbons (Fsp3) is 0.318. The number of hydrogen-bond donors (Lipinski definition) is 1. The summed E-state index contributed by atoms with van der Waals surface area (Å²) < 4.78 is 5.41. The number of piperidine rings is 1. The summed E-state index contributed by atoms with van der Waals surface area (Å²) in [6.07, 6.45) is 1.55. The van der Waals surface area contributed by atoms with Gasteiger partial charge >= 0.3 is 5.97 Å². The second-order valence-electron chi connectivity index (χ2n) is 6.93. The molecule has 0 saturated carbocycles. The number of nitrogens with one attached hydrogen (secondary N) is 1. The van der Waals surface area contributed by atoms with Crippen LogP contribution < -0.4 is 5.32 Å². The Morgan fingerprint density at radius 3 is 2.46 bits per heavy atom. The number of benzene rings is 2. The first-order valence-corrected chi connectivity index (χ1v) is 9.40. The number of anilines is 1. The van der Waals surface area contributed by atoms with Crippen molar-refractivity contribution in [3.05, 3.63) is 65.7 Å². The molecule has 0 aliphatic carbocycles. The van der Waals surface area contributed by atoms with E-state index in [0.29, 0.717) is 18.7 Å². The van der Waals surface area contributed by atoms with Crippen molar-refractivity contribution in [2.45, 2.75) is 26.4 Å². The number of esters is 1. The highest BCUT2D eigenvalue weighted by atomic mass is 16.5. The van der Waals surface area contributed by atoms with E-state index in [9.17, 15) is 14.4 Å². The van der Waals surface area contributed by atoms with E-state index in [1.807, 2.05) is 30.3 Å². The molecule has 3 rings (SSSR count). The smallest absolute Gasteiger partial charge is 0.311 e. The summed E-state index contributed by atoms with van der Waals surface area (Å²) in [6.45, 7) is 2.79. The number of ether oxygens (including phenoxy) is 1.